The largest absolute Gasteiger partial charge is 0.484 e. The van der Waals surface area contributed by atoms with Gasteiger partial charge in [0.1, 0.15) is 5.75 Å². The van der Waals surface area contributed by atoms with E-state index in [2.05, 4.69) is 15.1 Å². The maximum Gasteiger partial charge on any atom is 0.264 e. The van der Waals surface area contributed by atoms with Crippen LogP contribution in [-0.2, 0) is 6.61 Å². The van der Waals surface area contributed by atoms with Crippen LogP contribution in [0.4, 0.5) is 0 Å². The summed E-state index contributed by atoms with van der Waals surface area (Å²) in [6.45, 7) is 2.84. The maximum atomic E-state index is 13.1. The number of carbonyl (C=O) groups is 1. The molecule has 1 saturated heterocycles. The van der Waals surface area contributed by atoms with E-state index >= 15 is 0 Å². The summed E-state index contributed by atoms with van der Waals surface area (Å²) in [4.78, 5) is 23.5. The van der Waals surface area contributed by atoms with Crippen molar-refractivity contribution < 1.29 is 18.8 Å². The van der Waals surface area contributed by atoms with E-state index < -0.39 is 0 Å². The van der Waals surface area contributed by atoms with Crippen LogP contribution in [-0.4, -0.2) is 39.6 Å². The second-order valence-electron chi connectivity index (χ2n) is 7.25. The molecule has 0 radical (unpaired) electrons. The van der Waals surface area contributed by atoms with Crippen LogP contribution < -0.4 is 9.47 Å². The fraction of sp³-hybridized carbons (Fsp3) is 0.364. The molecule has 3 aromatic rings. The topological polar surface area (TPSA) is 90.6 Å². The summed E-state index contributed by atoms with van der Waals surface area (Å²) in [5.41, 5.74) is 1.67. The fourth-order valence-electron chi connectivity index (χ4n) is 3.48. The van der Waals surface area contributed by atoms with E-state index in [9.17, 15) is 4.79 Å². The second-order valence-corrected chi connectivity index (χ2v) is 7.25. The van der Waals surface area contributed by atoms with Gasteiger partial charge in [-0.3, -0.25) is 4.79 Å². The van der Waals surface area contributed by atoms with E-state index in [1.165, 1.54) is 6.20 Å². The van der Waals surface area contributed by atoms with Gasteiger partial charge in [0.15, 0.2) is 12.4 Å². The lowest BCUT2D eigenvalue weighted by molar-refractivity contribution is 0.0596. The highest BCUT2D eigenvalue weighted by atomic mass is 16.5. The zero-order chi connectivity index (χ0) is 20.9. The van der Waals surface area contributed by atoms with Gasteiger partial charge < -0.3 is 18.9 Å². The Bertz CT molecular complexity index is 985. The average Bonchev–Trinajstić information content (AvgIpc) is 3.27. The minimum absolute atomic E-state index is 0.0999. The van der Waals surface area contributed by atoms with Gasteiger partial charge in [0, 0.05) is 18.8 Å². The van der Waals surface area contributed by atoms with Crippen LogP contribution in [0.3, 0.4) is 0 Å². The number of piperidine rings is 1. The molecule has 1 aliphatic rings. The number of pyridine rings is 1. The zero-order valence-corrected chi connectivity index (χ0v) is 17.1. The third-order valence-electron chi connectivity index (χ3n) is 5.12. The number of aromatic nitrogens is 3. The first-order valence-corrected chi connectivity index (χ1v) is 9.97. The molecule has 3 heterocycles. The summed E-state index contributed by atoms with van der Waals surface area (Å²) in [6, 6.07) is 10.9. The Kier molecular flexibility index (Phi) is 5.92. The molecule has 0 N–H and O–H groups in total. The van der Waals surface area contributed by atoms with Crippen LogP contribution in [0, 0.1) is 6.92 Å². The Hall–Kier alpha value is -3.42. The Morgan fingerprint density at radius 2 is 2.03 bits per heavy atom. The first kappa shape index (κ1) is 19.9. The Morgan fingerprint density at radius 3 is 2.77 bits per heavy atom. The van der Waals surface area contributed by atoms with Gasteiger partial charge in [0.05, 0.1) is 18.7 Å². The smallest absolute Gasteiger partial charge is 0.264 e. The van der Waals surface area contributed by atoms with E-state index in [1.807, 2.05) is 31.2 Å². The monoisotopic (exact) mass is 408 g/mol. The number of hydrogen-bond donors (Lipinski definition) is 0. The number of nitrogens with zero attached hydrogens (tertiary/aromatic N) is 4. The van der Waals surface area contributed by atoms with E-state index in [4.69, 9.17) is 14.0 Å². The second kappa shape index (κ2) is 8.94. The maximum absolute atomic E-state index is 13.1. The SMILES string of the molecule is COc1ccc(C(=O)N2CCCCC2c2noc(COc3ccc(C)cc3)n2)cn1. The van der Waals surface area contributed by atoms with Crippen molar-refractivity contribution in [1.82, 2.24) is 20.0 Å². The molecule has 0 aliphatic carbocycles. The van der Waals surface area contributed by atoms with Crippen LogP contribution in [0.2, 0.25) is 0 Å². The fourth-order valence-corrected chi connectivity index (χ4v) is 3.48. The van der Waals surface area contributed by atoms with Gasteiger partial charge in [-0.25, -0.2) is 4.98 Å². The van der Waals surface area contributed by atoms with Crippen molar-refractivity contribution in [3.05, 3.63) is 65.4 Å². The van der Waals surface area contributed by atoms with Gasteiger partial charge in [-0.05, 0) is 44.4 Å². The normalized spacial score (nSPS) is 16.3. The number of likely N-dealkylation sites (tertiary alicyclic amines) is 1. The third-order valence-corrected chi connectivity index (χ3v) is 5.12. The van der Waals surface area contributed by atoms with E-state index in [0.29, 0.717) is 29.7 Å². The van der Waals surface area contributed by atoms with E-state index in [0.717, 1.165) is 30.6 Å². The van der Waals surface area contributed by atoms with Crippen LogP contribution in [0.5, 0.6) is 11.6 Å². The Labute approximate surface area is 174 Å². The molecule has 1 fully saturated rings. The molecule has 0 saturated carbocycles. The number of hydrogen-bond acceptors (Lipinski definition) is 7. The van der Waals surface area contributed by atoms with Gasteiger partial charge in [0.25, 0.3) is 11.8 Å². The molecule has 156 valence electrons. The number of carbonyl (C=O) groups excluding carboxylic acids is 1. The highest BCUT2D eigenvalue weighted by molar-refractivity contribution is 5.94. The van der Waals surface area contributed by atoms with E-state index in [-0.39, 0.29) is 18.6 Å². The van der Waals surface area contributed by atoms with Crippen LogP contribution >= 0.6 is 0 Å². The number of benzene rings is 1. The summed E-state index contributed by atoms with van der Waals surface area (Å²) in [6.07, 6.45) is 4.25. The number of aryl methyl sites for hydroxylation is 1. The standard InChI is InChI=1S/C22H24N4O4/c1-15-6-9-17(10-7-15)29-14-20-24-21(25-30-20)18-5-3-4-12-26(18)22(27)16-8-11-19(28-2)23-13-16/h6-11,13,18H,3-5,12,14H2,1-2H3. The van der Waals surface area contributed by atoms with Crippen molar-refractivity contribution in [2.24, 2.45) is 0 Å². The summed E-state index contributed by atoms with van der Waals surface area (Å²) < 4.78 is 16.2. The van der Waals surface area contributed by atoms with Gasteiger partial charge in [-0.2, -0.15) is 4.98 Å². The molecule has 4 rings (SSSR count). The molecule has 30 heavy (non-hydrogen) atoms. The highest BCUT2D eigenvalue weighted by Gasteiger charge is 2.32. The molecule has 1 aromatic carbocycles. The number of ether oxygens (including phenoxy) is 2. The third kappa shape index (κ3) is 4.42. The number of methoxy groups -OCH3 is 1. The summed E-state index contributed by atoms with van der Waals surface area (Å²) in [5, 5.41) is 4.12. The van der Waals surface area contributed by atoms with Crippen LogP contribution in [0.15, 0.2) is 47.1 Å². The summed E-state index contributed by atoms with van der Waals surface area (Å²) >= 11 is 0. The minimum Gasteiger partial charge on any atom is -0.484 e. The van der Waals surface area contributed by atoms with Crippen molar-refractivity contribution in [3.63, 3.8) is 0 Å². The first-order valence-electron chi connectivity index (χ1n) is 9.97. The molecule has 1 unspecified atom stereocenters. The first-order chi connectivity index (χ1) is 14.6. The predicted molar refractivity (Wildman–Crippen MR) is 108 cm³/mol. The average molecular weight is 408 g/mol. The molecule has 2 aromatic heterocycles. The lowest BCUT2D eigenvalue weighted by Gasteiger charge is -2.33. The predicted octanol–water partition coefficient (Wildman–Crippen LogP) is 3.73. The van der Waals surface area contributed by atoms with Crippen LogP contribution in [0.25, 0.3) is 0 Å². The number of rotatable bonds is 6. The molecule has 1 atom stereocenters. The van der Waals surface area contributed by atoms with Crippen molar-refractivity contribution in [3.8, 4) is 11.6 Å². The minimum atomic E-state index is -0.231. The Morgan fingerprint density at radius 1 is 1.20 bits per heavy atom. The van der Waals surface area contributed by atoms with Crippen molar-refractivity contribution in [2.45, 2.75) is 38.8 Å². The number of amides is 1. The highest BCUT2D eigenvalue weighted by Crippen LogP contribution is 2.30. The van der Waals surface area contributed by atoms with Gasteiger partial charge >= 0.3 is 0 Å². The van der Waals surface area contributed by atoms with E-state index in [1.54, 1.807) is 24.1 Å². The summed E-state index contributed by atoms with van der Waals surface area (Å²) in [5.74, 6) is 2.00. The zero-order valence-electron chi connectivity index (χ0n) is 17.1. The van der Waals surface area contributed by atoms with Gasteiger partial charge in [-0.15, -0.1) is 0 Å². The van der Waals surface area contributed by atoms with Crippen LogP contribution in [0.1, 0.15) is 52.9 Å². The Balaban J connectivity index is 1.45. The molecule has 1 amide bonds. The molecular weight excluding hydrogens is 384 g/mol. The molecule has 1 aliphatic heterocycles. The molecule has 8 nitrogen and oxygen atoms in total. The molecule has 0 bridgehead atoms. The lowest BCUT2D eigenvalue weighted by atomic mass is 10.0. The summed E-state index contributed by atoms with van der Waals surface area (Å²) in [7, 11) is 1.54. The van der Waals surface area contributed by atoms with Crippen molar-refractivity contribution in [1.29, 1.82) is 0 Å². The quantitative estimate of drug-likeness (QED) is 0.614. The molecule has 0 spiro atoms. The van der Waals surface area contributed by atoms with Crippen molar-refractivity contribution >= 4 is 5.91 Å². The van der Waals surface area contributed by atoms with Crippen molar-refractivity contribution in [2.75, 3.05) is 13.7 Å². The lowest BCUT2D eigenvalue weighted by Crippen LogP contribution is -2.39. The van der Waals surface area contributed by atoms with Gasteiger partial charge in [-0.1, -0.05) is 22.9 Å². The molecule has 8 heteroatoms. The van der Waals surface area contributed by atoms with Gasteiger partial charge in [0.2, 0.25) is 5.88 Å². The molecular formula is C22H24N4O4.